The molecule has 6 nitrogen and oxygen atoms in total. The van der Waals surface area contributed by atoms with Crippen molar-refractivity contribution in [3.8, 4) is 0 Å². The number of anilines is 1. The normalized spacial score (nSPS) is 12.2. The molecular weight excluding hydrogens is 300 g/mol. The van der Waals surface area contributed by atoms with Gasteiger partial charge < -0.3 is 16.8 Å². The van der Waals surface area contributed by atoms with Crippen LogP contribution in [0.4, 0.5) is 5.82 Å². The molecule has 2 amide bonds. The maximum Gasteiger partial charge on any atom is 0.255 e. The third kappa shape index (κ3) is 3.43. The molecule has 1 unspecified atom stereocenters. The van der Waals surface area contributed by atoms with Crippen LogP contribution in [0.3, 0.4) is 0 Å². The zero-order valence-electron chi connectivity index (χ0n) is 10.1. The minimum absolute atomic E-state index is 0.0997. The van der Waals surface area contributed by atoms with E-state index in [1.807, 2.05) is 0 Å². The van der Waals surface area contributed by atoms with Crippen molar-refractivity contribution in [2.75, 3.05) is 5.73 Å². The lowest BCUT2D eigenvalue weighted by Gasteiger charge is -2.19. The smallest absolute Gasteiger partial charge is 0.255 e. The van der Waals surface area contributed by atoms with Crippen LogP contribution >= 0.6 is 15.9 Å². The van der Waals surface area contributed by atoms with Gasteiger partial charge in [-0.25, -0.2) is 4.98 Å². The van der Waals surface area contributed by atoms with Gasteiger partial charge in [0.25, 0.3) is 5.91 Å². The summed E-state index contributed by atoms with van der Waals surface area (Å²) >= 11 is 3.20. The van der Waals surface area contributed by atoms with Crippen molar-refractivity contribution in [3.63, 3.8) is 0 Å². The van der Waals surface area contributed by atoms with Gasteiger partial charge in [0.1, 0.15) is 11.9 Å². The van der Waals surface area contributed by atoms with Crippen molar-refractivity contribution in [1.29, 1.82) is 0 Å². The number of nitrogens with zero attached hydrogens (tertiary/aromatic N) is 1. The quantitative estimate of drug-likeness (QED) is 0.758. The molecule has 0 spiro atoms. The second-order valence-electron chi connectivity index (χ2n) is 4.18. The lowest BCUT2D eigenvalue weighted by atomic mass is 10.0. The Morgan fingerprint density at radius 3 is 2.56 bits per heavy atom. The number of nitrogens with one attached hydrogen (secondary N) is 1. The number of pyridine rings is 1. The third-order valence-electron chi connectivity index (χ3n) is 2.39. The minimum atomic E-state index is -0.740. The average molecular weight is 315 g/mol. The van der Waals surface area contributed by atoms with E-state index in [1.54, 1.807) is 13.8 Å². The summed E-state index contributed by atoms with van der Waals surface area (Å²) in [7, 11) is 0. The van der Waals surface area contributed by atoms with Crippen LogP contribution in [0.15, 0.2) is 16.7 Å². The van der Waals surface area contributed by atoms with Gasteiger partial charge in [0.15, 0.2) is 0 Å². The molecule has 1 atom stereocenters. The number of rotatable bonds is 4. The molecule has 1 aromatic heterocycles. The monoisotopic (exact) mass is 314 g/mol. The van der Waals surface area contributed by atoms with Crippen molar-refractivity contribution in [2.24, 2.45) is 11.7 Å². The standard InChI is InChI=1S/C11H15BrN4O2/c1-5(2)8(10(14)17)16-11(18)7-3-6(12)4-15-9(7)13/h3-5,8H,1-2H3,(H2,13,15)(H2,14,17)(H,16,18). The second kappa shape index (κ2) is 5.81. The molecule has 7 heteroatoms. The number of nitrogen functional groups attached to an aromatic ring is 1. The van der Waals surface area contributed by atoms with Gasteiger partial charge in [-0.15, -0.1) is 0 Å². The average Bonchev–Trinajstić information content (AvgIpc) is 2.28. The highest BCUT2D eigenvalue weighted by Crippen LogP contribution is 2.16. The Balaban J connectivity index is 2.94. The van der Waals surface area contributed by atoms with E-state index in [-0.39, 0.29) is 17.3 Å². The van der Waals surface area contributed by atoms with E-state index < -0.39 is 17.9 Å². The molecule has 0 aromatic carbocycles. The van der Waals surface area contributed by atoms with Gasteiger partial charge in [-0.1, -0.05) is 13.8 Å². The summed E-state index contributed by atoms with van der Waals surface area (Å²) in [5, 5.41) is 2.55. The fraction of sp³-hybridized carbons (Fsp3) is 0.364. The van der Waals surface area contributed by atoms with Crippen LogP contribution in [-0.2, 0) is 4.79 Å². The number of hydrogen-bond donors (Lipinski definition) is 3. The lowest BCUT2D eigenvalue weighted by molar-refractivity contribution is -0.120. The summed E-state index contributed by atoms with van der Waals surface area (Å²) in [5.41, 5.74) is 11.0. The molecular formula is C11H15BrN4O2. The molecule has 1 aromatic rings. The molecule has 5 N–H and O–H groups in total. The SMILES string of the molecule is CC(C)C(NC(=O)c1cc(Br)cnc1N)C(N)=O. The van der Waals surface area contributed by atoms with Crippen LogP contribution < -0.4 is 16.8 Å². The van der Waals surface area contributed by atoms with E-state index in [0.29, 0.717) is 4.47 Å². The lowest BCUT2D eigenvalue weighted by Crippen LogP contribution is -2.47. The topological polar surface area (TPSA) is 111 Å². The molecule has 98 valence electrons. The number of hydrogen-bond acceptors (Lipinski definition) is 4. The summed E-state index contributed by atoms with van der Waals surface area (Å²) < 4.78 is 0.627. The Labute approximate surface area is 113 Å². The summed E-state index contributed by atoms with van der Waals surface area (Å²) in [6.45, 7) is 3.58. The van der Waals surface area contributed by atoms with Crippen molar-refractivity contribution in [3.05, 3.63) is 22.3 Å². The fourth-order valence-electron chi connectivity index (χ4n) is 1.42. The van der Waals surface area contributed by atoms with E-state index >= 15 is 0 Å². The summed E-state index contributed by atoms with van der Waals surface area (Å²) in [6, 6.07) is 0.798. The zero-order valence-corrected chi connectivity index (χ0v) is 11.7. The van der Waals surface area contributed by atoms with Gasteiger partial charge in [0.2, 0.25) is 5.91 Å². The van der Waals surface area contributed by atoms with Crippen LogP contribution in [0.1, 0.15) is 24.2 Å². The first-order chi connectivity index (χ1) is 8.32. The number of nitrogens with two attached hydrogens (primary N) is 2. The van der Waals surface area contributed by atoms with Crippen molar-refractivity contribution in [1.82, 2.24) is 10.3 Å². The van der Waals surface area contributed by atoms with E-state index in [2.05, 4.69) is 26.2 Å². The maximum atomic E-state index is 12.0. The van der Waals surface area contributed by atoms with E-state index in [0.717, 1.165) is 0 Å². The highest BCUT2D eigenvalue weighted by Gasteiger charge is 2.23. The van der Waals surface area contributed by atoms with Crippen LogP contribution in [0.5, 0.6) is 0 Å². The summed E-state index contributed by atoms with van der Waals surface area (Å²) in [4.78, 5) is 27.0. The van der Waals surface area contributed by atoms with E-state index in [4.69, 9.17) is 11.5 Å². The van der Waals surface area contributed by atoms with Crippen molar-refractivity contribution in [2.45, 2.75) is 19.9 Å². The first-order valence-corrected chi connectivity index (χ1v) is 6.13. The van der Waals surface area contributed by atoms with Crippen LogP contribution in [0, 0.1) is 5.92 Å². The van der Waals surface area contributed by atoms with Gasteiger partial charge in [-0.2, -0.15) is 0 Å². The first kappa shape index (κ1) is 14.4. The summed E-state index contributed by atoms with van der Waals surface area (Å²) in [5.74, 6) is -1.06. The molecule has 0 bridgehead atoms. The van der Waals surface area contributed by atoms with Gasteiger partial charge in [-0.05, 0) is 27.9 Å². The number of carbonyl (C=O) groups excluding carboxylic acids is 2. The van der Waals surface area contributed by atoms with E-state index in [9.17, 15) is 9.59 Å². The zero-order chi connectivity index (χ0) is 13.9. The number of amides is 2. The van der Waals surface area contributed by atoms with Crippen LogP contribution in [0.2, 0.25) is 0 Å². The number of carbonyl (C=O) groups is 2. The largest absolute Gasteiger partial charge is 0.383 e. The Kier molecular flexibility index (Phi) is 4.66. The van der Waals surface area contributed by atoms with E-state index in [1.165, 1.54) is 12.3 Å². The Morgan fingerprint density at radius 1 is 1.44 bits per heavy atom. The Morgan fingerprint density at radius 2 is 2.06 bits per heavy atom. The van der Waals surface area contributed by atoms with Gasteiger partial charge >= 0.3 is 0 Å². The molecule has 0 fully saturated rings. The van der Waals surface area contributed by atoms with Gasteiger partial charge in [0.05, 0.1) is 5.56 Å². The minimum Gasteiger partial charge on any atom is -0.383 e. The number of primary amides is 1. The number of aromatic nitrogens is 1. The molecule has 0 saturated heterocycles. The summed E-state index contributed by atoms with van der Waals surface area (Å²) in [6.07, 6.45) is 1.49. The van der Waals surface area contributed by atoms with Crippen molar-refractivity contribution < 1.29 is 9.59 Å². The third-order valence-corrected chi connectivity index (χ3v) is 2.82. The molecule has 0 saturated carbocycles. The first-order valence-electron chi connectivity index (χ1n) is 5.34. The molecule has 0 aliphatic heterocycles. The molecule has 1 heterocycles. The Bertz CT molecular complexity index is 476. The predicted molar refractivity (Wildman–Crippen MR) is 71.6 cm³/mol. The second-order valence-corrected chi connectivity index (χ2v) is 5.10. The fourth-order valence-corrected chi connectivity index (χ4v) is 1.75. The maximum absolute atomic E-state index is 12.0. The van der Waals surface area contributed by atoms with Gasteiger partial charge in [-0.3, -0.25) is 9.59 Å². The van der Waals surface area contributed by atoms with Crippen molar-refractivity contribution >= 4 is 33.6 Å². The van der Waals surface area contributed by atoms with Gasteiger partial charge in [0, 0.05) is 10.7 Å². The Hall–Kier alpha value is -1.63. The highest BCUT2D eigenvalue weighted by atomic mass is 79.9. The molecule has 0 aliphatic rings. The molecule has 18 heavy (non-hydrogen) atoms. The van der Waals surface area contributed by atoms with Crippen LogP contribution in [-0.4, -0.2) is 22.8 Å². The molecule has 0 radical (unpaired) electrons. The van der Waals surface area contributed by atoms with Crippen LogP contribution in [0.25, 0.3) is 0 Å². The molecule has 1 rings (SSSR count). The molecule has 0 aliphatic carbocycles. The predicted octanol–water partition coefficient (Wildman–Crippen LogP) is 0.666. The highest BCUT2D eigenvalue weighted by molar-refractivity contribution is 9.10. The number of halogens is 1.